The van der Waals surface area contributed by atoms with E-state index in [-0.39, 0.29) is 24.7 Å². The highest BCUT2D eigenvalue weighted by Gasteiger charge is 2.40. The molecule has 0 saturated carbocycles. The highest BCUT2D eigenvalue weighted by Crippen LogP contribution is 2.37. The molecule has 0 amide bonds. The van der Waals surface area contributed by atoms with Crippen LogP contribution >= 0.6 is 0 Å². The standard InChI is InChI=1S/C32H44N6O4S/c1-24-19-27(41-5)20-25(2)31(24)43(39,40)38-22-28(23-38)42-30-11-14-34-29(35-30)21-33-15-18-37-16-12-32(13-17-37,36(3)4)26-9-7-6-8-10-26/h6-11,14,19-20,28,33H,12-13,15-18,21-23H2,1-5H3. The van der Waals surface area contributed by atoms with Crippen molar-refractivity contribution in [2.45, 2.75) is 49.8 Å². The van der Waals surface area contributed by atoms with Crippen molar-refractivity contribution in [2.24, 2.45) is 0 Å². The van der Waals surface area contributed by atoms with E-state index in [0.717, 1.165) is 39.0 Å². The monoisotopic (exact) mass is 608 g/mol. The van der Waals surface area contributed by atoms with Crippen LogP contribution in [0.4, 0.5) is 0 Å². The molecule has 0 bridgehead atoms. The molecule has 3 aromatic rings. The molecule has 5 rings (SSSR count). The number of hydrogen-bond acceptors (Lipinski definition) is 9. The number of aryl methyl sites for hydroxylation is 2. The van der Waals surface area contributed by atoms with Crippen molar-refractivity contribution >= 4 is 10.0 Å². The number of nitrogens with one attached hydrogen (secondary N) is 1. The zero-order valence-corrected chi connectivity index (χ0v) is 26.7. The minimum absolute atomic E-state index is 0.0920. The molecule has 0 aliphatic carbocycles. The summed E-state index contributed by atoms with van der Waals surface area (Å²) in [5.41, 5.74) is 2.83. The summed E-state index contributed by atoms with van der Waals surface area (Å²) in [5, 5.41) is 3.47. The fourth-order valence-corrected chi connectivity index (χ4v) is 8.18. The van der Waals surface area contributed by atoms with Gasteiger partial charge in [0.2, 0.25) is 15.9 Å². The number of aromatic nitrogens is 2. The Bertz CT molecular complexity index is 1460. The third-order valence-corrected chi connectivity index (χ3v) is 10.9. The van der Waals surface area contributed by atoms with Crippen LogP contribution in [0.5, 0.6) is 11.6 Å². The van der Waals surface area contributed by atoms with Gasteiger partial charge < -0.3 is 19.7 Å². The Morgan fingerprint density at radius 3 is 2.35 bits per heavy atom. The van der Waals surface area contributed by atoms with Crippen LogP contribution in [-0.2, 0) is 22.1 Å². The van der Waals surface area contributed by atoms with E-state index >= 15 is 0 Å². The van der Waals surface area contributed by atoms with Gasteiger partial charge in [-0.1, -0.05) is 30.3 Å². The summed E-state index contributed by atoms with van der Waals surface area (Å²) >= 11 is 0. The maximum atomic E-state index is 13.3. The van der Waals surface area contributed by atoms with E-state index in [1.165, 1.54) is 9.87 Å². The first-order valence-electron chi connectivity index (χ1n) is 14.9. The molecule has 2 aliphatic rings. The molecule has 1 aromatic heterocycles. The first-order chi connectivity index (χ1) is 20.6. The van der Waals surface area contributed by atoms with Crippen molar-refractivity contribution in [2.75, 3.05) is 60.5 Å². The van der Waals surface area contributed by atoms with Gasteiger partial charge in [-0.3, -0.25) is 4.90 Å². The summed E-state index contributed by atoms with van der Waals surface area (Å²) in [6.07, 6.45) is 3.64. The van der Waals surface area contributed by atoms with Crippen molar-refractivity contribution < 1.29 is 17.9 Å². The van der Waals surface area contributed by atoms with Crippen molar-refractivity contribution in [3.63, 3.8) is 0 Å². The smallest absolute Gasteiger partial charge is 0.243 e. The van der Waals surface area contributed by atoms with Gasteiger partial charge in [-0.25, -0.2) is 13.4 Å². The molecule has 232 valence electrons. The van der Waals surface area contributed by atoms with Gasteiger partial charge in [0.05, 0.1) is 31.6 Å². The molecule has 10 nitrogen and oxygen atoms in total. The van der Waals surface area contributed by atoms with Crippen LogP contribution in [0.3, 0.4) is 0 Å². The average molecular weight is 609 g/mol. The predicted molar refractivity (Wildman–Crippen MR) is 167 cm³/mol. The van der Waals surface area contributed by atoms with Crippen LogP contribution < -0.4 is 14.8 Å². The van der Waals surface area contributed by atoms with Crippen LogP contribution in [0.25, 0.3) is 0 Å². The Morgan fingerprint density at radius 2 is 1.72 bits per heavy atom. The second-order valence-corrected chi connectivity index (χ2v) is 13.6. The van der Waals surface area contributed by atoms with E-state index in [0.29, 0.717) is 40.0 Å². The van der Waals surface area contributed by atoms with Crippen molar-refractivity contribution in [1.29, 1.82) is 0 Å². The molecular weight excluding hydrogens is 564 g/mol. The van der Waals surface area contributed by atoms with Gasteiger partial charge in [0.25, 0.3) is 0 Å². The first kappa shape index (κ1) is 31.3. The fraction of sp³-hybridized carbons (Fsp3) is 0.500. The molecule has 0 radical (unpaired) electrons. The van der Waals surface area contributed by atoms with Gasteiger partial charge in [-0.2, -0.15) is 9.29 Å². The highest BCUT2D eigenvalue weighted by atomic mass is 32.2. The summed E-state index contributed by atoms with van der Waals surface area (Å²) in [7, 11) is 2.33. The Hall–Kier alpha value is -3.09. The van der Waals surface area contributed by atoms with Crippen molar-refractivity contribution in [3.05, 3.63) is 77.2 Å². The molecule has 2 fully saturated rings. The van der Waals surface area contributed by atoms with Gasteiger partial charge in [-0.15, -0.1) is 0 Å². The summed E-state index contributed by atoms with van der Waals surface area (Å²) in [4.78, 5) is 14.2. The van der Waals surface area contributed by atoms with Gasteiger partial charge in [0.15, 0.2) is 0 Å². The molecule has 11 heteroatoms. The van der Waals surface area contributed by atoms with Crippen molar-refractivity contribution in [1.82, 2.24) is 29.4 Å². The largest absolute Gasteiger partial charge is 0.497 e. The third kappa shape index (κ3) is 6.86. The molecule has 0 atom stereocenters. The number of sulfonamides is 1. The number of nitrogens with zero attached hydrogens (tertiary/aromatic N) is 5. The molecule has 0 spiro atoms. The highest BCUT2D eigenvalue weighted by molar-refractivity contribution is 7.89. The average Bonchev–Trinajstić information content (AvgIpc) is 2.97. The normalized spacial score (nSPS) is 18.0. The Morgan fingerprint density at radius 1 is 1.05 bits per heavy atom. The van der Waals surface area contributed by atoms with E-state index in [9.17, 15) is 8.42 Å². The quantitative estimate of drug-likeness (QED) is 0.311. The lowest BCUT2D eigenvalue weighted by Crippen LogP contribution is -2.56. The molecular formula is C32H44N6O4S. The van der Waals surface area contributed by atoms with Gasteiger partial charge >= 0.3 is 0 Å². The number of ether oxygens (including phenoxy) is 2. The number of piperidine rings is 1. The molecule has 3 heterocycles. The first-order valence-corrected chi connectivity index (χ1v) is 16.4. The third-order valence-electron chi connectivity index (χ3n) is 8.79. The van der Waals surface area contributed by atoms with Gasteiger partial charge in [-0.05, 0) is 69.6 Å². The Balaban J connectivity index is 1.06. The second kappa shape index (κ2) is 13.3. The number of methoxy groups -OCH3 is 1. The molecule has 2 aliphatic heterocycles. The molecule has 0 unspecified atom stereocenters. The summed E-state index contributed by atoms with van der Waals surface area (Å²) < 4.78 is 39.3. The maximum Gasteiger partial charge on any atom is 0.243 e. The van der Waals surface area contributed by atoms with Crippen LogP contribution in [0, 0.1) is 13.8 Å². The lowest BCUT2D eigenvalue weighted by molar-refractivity contribution is 0.0542. The SMILES string of the molecule is COc1cc(C)c(S(=O)(=O)N2CC(Oc3ccnc(CNCCN4CCC(c5ccccc5)(N(C)C)CC4)n3)C2)c(C)c1. The van der Waals surface area contributed by atoms with E-state index in [1.807, 2.05) is 0 Å². The van der Waals surface area contributed by atoms with Gasteiger partial charge in [0.1, 0.15) is 17.7 Å². The van der Waals surface area contributed by atoms with E-state index < -0.39 is 10.0 Å². The van der Waals surface area contributed by atoms with Crippen LogP contribution in [0.15, 0.2) is 59.6 Å². The fourth-order valence-electron chi connectivity index (χ4n) is 6.26. The topological polar surface area (TPSA) is 100 Å². The van der Waals surface area contributed by atoms with Crippen LogP contribution in [-0.4, -0.2) is 99.1 Å². The predicted octanol–water partition coefficient (Wildman–Crippen LogP) is 3.20. The van der Waals surface area contributed by atoms with Gasteiger partial charge in [0, 0.05) is 44.0 Å². The lowest BCUT2D eigenvalue weighted by Gasteiger charge is -2.46. The number of rotatable bonds is 12. The van der Waals surface area contributed by atoms with E-state index in [4.69, 9.17) is 9.47 Å². The number of benzene rings is 2. The Labute approximate surface area is 256 Å². The minimum atomic E-state index is -3.62. The van der Waals surface area contributed by atoms with Crippen molar-refractivity contribution in [3.8, 4) is 11.6 Å². The summed E-state index contributed by atoms with van der Waals surface area (Å²) in [6, 6.07) is 16.1. The minimum Gasteiger partial charge on any atom is -0.497 e. The molecule has 43 heavy (non-hydrogen) atoms. The lowest BCUT2D eigenvalue weighted by atomic mass is 9.80. The van der Waals surface area contributed by atoms with Crippen LogP contribution in [0.1, 0.15) is 35.4 Å². The maximum absolute atomic E-state index is 13.3. The van der Waals surface area contributed by atoms with E-state index in [2.05, 4.69) is 69.5 Å². The molecule has 1 N–H and O–H groups in total. The number of likely N-dealkylation sites (tertiary alicyclic amines) is 1. The second-order valence-electron chi connectivity index (χ2n) is 11.8. The Kier molecular flexibility index (Phi) is 9.67. The summed E-state index contributed by atoms with van der Waals surface area (Å²) in [5.74, 6) is 1.76. The zero-order chi connectivity index (χ0) is 30.6. The molecule has 2 saturated heterocycles. The van der Waals surface area contributed by atoms with E-state index in [1.54, 1.807) is 45.4 Å². The zero-order valence-electron chi connectivity index (χ0n) is 25.9. The summed E-state index contributed by atoms with van der Waals surface area (Å²) in [6.45, 7) is 8.60. The molecule has 2 aromatic carbocycles. The van der Waals surface area contributed by atoms with Crippen LogP contribution in [0.2, 0.25) is 0 Å². The number of hydrogen-bond donors (Lipinski definition) is 1.